The summed E-state index contributed by atoms with van der Waals surface area (Å²) in [5, 5.41) is 6.63. The van der Waals surface area contributed by atoms with E-state index in [1.54, 1.807) is 18.3 Å². The Morgan fingerprint density at radius 1 is 1.08 bits per heavy atom. The van der Waals surface area contributed by atoms with Crippen molar-refractivity contribution in [3.05, 3.63) is 82.8 Å². The molecule has 5 nitrogen and oxygen atoms in total. The number of nitrogens with zero attached hydrogens (tertiary/aromatic N) is 2. The zero-order valence-corrected chi connectivity index (χ0v) is 15.3. The Bertz CT molecular complexity index is 897. The van der Waals surface area contributed by atoms with Crippen molar-refractivity contribution in [1.82, 2.24) is 9.97 Å². The standard InChI is InChI=1S/C20H19ClN4O/c1-13-8-9-16(10-17(13)21)25-20(26)18-11-23-19(12-22-18)24-14(2)15-6-4-3-5-7-15/h3-12,14H,1-2H3,(H,23,24)(H,25,26). The van der Waals surface area contributed by atoms with Gasteiger partial charge >= 0.3 is 0 Å². The normalized spacial score (nSPS) is 11.7. The van der Waals surface area contributed by atoms with Gasteiger partial charge in [-0.1, -0.05) is 48.0 Å². The molecule has 3 aromatic rings. The van der Waals surface area contributed by atoms with Crippen LogP contribution in [0.3, 0.4) is 0 Å². The van der Waals surface area contributed by atoms with E-state index in [0.29, 0.717) is 16.5 Å². The molecule has 1 unspecified atom stereocenters. The van der Waals surface area contributed by atoms with E-state index in [0.717, 1.165) is 11.1 Å². The van der Waals surface area contributed by atoms with Crippen LogP contribution in [0, 0.1) is 6.92 Å². The summed E-state index contributed by atoms with van der Waals surface area (Å²) in [6, 6.07) is 15.5. The summed E-state index contributed by atoms with van der Waals surface area (Å²) in [5.41, 5.74) is 2.95. The van der Waals surface area contributed by atoms with Gasteiger partial charge in [0.15, 0.2) is 0 Å². The first kappa shape index (κ1) is 17.9. The monoisotopic (exact) mass is 366 g/mol. The Morgan fingerprint density at radius 3 is 2.50 bits per heavy atom. The summed E-state index contributed by atoms with van der Waals surface area (Å²) in [6.07, 6.45) is 3.00. The number of halogens is 1. The number of rotatable bonds is 5. The first-order valence-corrected chi connectivity index (χ1v) is 8.62. The number of amides is 1. The molecule has 3 rings (SSSR count). The quantitative estimate of drug-likeness (QED) is 0.676. The molecule has 0 radical (unpaired) electrons. The summed E-state index contributed by atoms with van der Waals surface area (Å²) in [5.74, 6) is 0.274. The molecule has 1 amide bonds. The molecule has 6 heteroatoms. The number of aryl methyl sites for hydroxylation is 1. The maximum atomic E-state index is 12.3. The molecule has 2 aromatic carbocycles. The number of carbonyl (C=O) groups excluding carboxylic acids is 1. The Morgan fingerprint density at radius 2 is 1.85 bits per heavy atom. The second-order valence-corrected chi connectivity index (χ2v) is 6.39. The molecule has 0 spiro atoms. The smallest absolute Gasteiger partial charge is 0.275 e. The lowest BCUT2D eigenvalue weighted by atomic mass is 10.1. The van der Waals surface area contributed by atoms with Gasteiger partial charge in [-0.2, -0.15) is 0 Å². The van der Waals surface area contributed by atoms with Gasteiger partial charge in [0.2, 0.25) is 0 Å². The first-order chi connectivity index (χ1) is 12.5. The number of hydrogen-bond donors (Lipinski definition) is 2. The third kappa shape index (κ3) is 4.37. The summed E-state index contributed by atoms with van der Waals surface area (Å²) in [7, 11) is 0. The lowest BCUT2D eigenvalue weighted by molar-refractivity contribution is 0.102. The number of carbonyl (C=O) groups is 1. The Balaban J connectivity index is 1.65. The third-order valence-electron chi connectivity index (χ3n) is 3.98. The van der Waals surface area contributed by atoms with Gasteiger partial charge in [0.1, 0.15) is 11.5 Å². The van der Waals surface area contributed by atoms with Crippen LogP contribution in [0.15, 0.2) is 60.9 Å². The van der Waals surface area contributed by atoms with Gasteiger partial charge in [0.05, 0.1) is 12.4 Å². The molecule has 0 fully saturated rings. The summed E-state index contributed by atoms with van der Waals surface area (Å²) in [6.45, 7) is 3.94. The number of aromatic nitrogens is 2. The van der Waals surface area contributed by atoms with Crippen molar-refractivity contribution >= 4 is 29.0 Å². The highest BCUT2D eigenvalue weighted by atomic mass is 35.5. The minimum atomic E-state index is -0.333. The molecule has 0 saturated heterocycles. The molecule has 0 aliphatic carbocycles. The minimum absolute atomic E-state index is 0.0832. The number of anilines is 2. The van der Waals surface area contributed by atoms with E-state index in [1.165, 1.54) is 6.20 Å². The average molecular weight is 367 g/mol. The van der Waals surface area contributed by atoms with E-state index in [2.05, 4.69) is 20.6 Å². The molecular formula is C20H19ClN4O. The molecule has 0 bridgehead atoms. The van der Waals surface area contributed by atoms with E-state index in [1.807, 2.05) is 50.2 Å². The second kappa shape index (κ2) is 7.97. The highest BCUT2D eigenvalue weighted by Crippen LogP contribution is 2.20. The number of benzene rings is 2. The molecule has 1 atom stereocenters. The summed E-state index contributed by atoms with van der Waals surface area (Å²) >= 11 is 6.08. The summed E-state index contributed by atoms with van der Waals surface area (Å²) < 4.78 is 0. The van der Waals surface area contributed by atoms with Crippen LogP contribution in [0.5, 0.6) is 0 Å². The van der Waals surface area contributed by atoms with Gasteiger partial charge in [-0.05, 0) is 37.1 Å². The maximum Gasteiger partial charge on any atom is 0.275 e. The topological polar surface area (TPSA) is 66.9 Å². The van der Waals surface area contributed by atoms with Crippen molar-refractivity contribution in [2.75, 3.05) is 10.6 Å². The highest BCUT2D eigenvalue weighted by molar-refractivity contribution is 6.31. The van der Waals surface area contributed by atoms with Crippen LogP contribution in [0.25, 0.3) is 0 Å². The molecule has 1 heterocycles. The fourth-order valence-electron chi connectivity index (χ4n) is 2.43. The Hall–Kier alpha value is -2.92. The largest absolute Gasteiger partial charge is 0.362 e. The zero-order valence-electron chi connectivity index (χ0n) is 14.5. The molecule has 2 N–H and O–H groups in total. The van der Waals surface area contributed by atoms with Crippen molar-refractivity contribution in [2.45, 2.75) is 19.9 Å². The van der Waals surface area contributed by atoms with Gasteiger partial charge in [-0.3, -0.25) is 4.79 Å². The van der Waals surface area contributed by atoms with Crippen molar-refractivity contribution in [3.63, 3.8) is 0 Å². The van der Waals surface area contributed by atoms with Gasteiger partial charge in [-0.15, -0.1) is 0 Å². The van der Waals surface area contributed by atoms with Crippen molar-refractivity contribution in [3.8, 4) is 0 Å². The molecule has 1 aromatic heterocycles. The summed E-state index contributed by atoms with van der Waals surface area (Å²) in [4.78, 5) is 20.8. The molecule has 132 valence electrons. The minimum Gasteiger partial charge on any atom is -0.362 e. The van der Waals surface area contributed by atoms with Gasteiger partial charge < -0.3 is 10.6 Å². The molecule has 0 aliphatic rings. The fraction of sp³-hybridized carbons (Fsp3) is 0.150. The van der Waals surface area contributed by atoms with E-state index in [-0.39, 0.29) is 17.6 Å². The fourth-order valence-corrected chi connectivity index (χ4v) is 2.61. The van der Waals surface area contributed by atoms with Crippen molar-refractivity contribution in [2.24, 2.45) is 0 Å². The van der Waals surface area contributed by atoms with E-state index in [9.17, 15) is 4.79 Å². The SMILES string of the molecule is Cc1ccc(NC(=O)c2cnc(NC(C)c3ccccc3)cn2)cc1Cl. The maximum absolute atomic E-state index is 12.3. The predicted octanol–water partition coefficient (Wildman–Crippen LogP) is 4.86. The van der Waals surface area contributed by atoms with Crippen LogP contribution < -0.4 is 10.6 Å². The first-order valence-electron chi connectivity index (χ1n) is 8.24. The number of hydrogen-bond acceptors (Lipinski definition) is 4. The van der Waals surface area contributed by atoms with Crippen LogP contribution in [-0.2, 0) is 0 Å². The van der Waals surface area contributed by atoms with Crippen LogP contribution in [0.1, 0.15) is 34.6 Å². The zero-order chi connectivity index (χ0) is 18.5. The number of nitrogens with one attached hydrogen (secondary N) is 2. The average Bonchev–Trinajstić information content (AvgIpc) is 2.66. The Labute approximate surface area is 157 Å². The van der Waals surface area contributed by atoms with Crippen molar-refractivity contribution in [1.29, 1.82) is 0 Å². The third-order valence-corrected chi connectivity index (χ3v) is 4.39. The second-order valence-electron chi connectivity index (χ2n) is 5.98. The highest BCUT2D eigenvalue weighted by Gasteiger charge is 2.11. The molecule has 0 aliphatic heterocycles. The Kier molecular flexibility index (Phi) is 5.49. The van der Waals surface area contributed by atoms with E-state index < -0.39 is 0 Å². The van der Waals surface area contributed by atoms with Crippen LogP contribution in [0.2, 0.25) is 5.02 Å². The van der Waals surface area contributed by atoms with Gasteiger partial charge in [0, 0.05) is 16.8 Å². The lowest BCUT2D eigenvalue weighted by Gasteiger charge is -2.14. The van der Waals surface area contributed by atoms with Crippen molar-refractivity contribution < 1.29 is 4.79 Å². The predicted molar refractivity (Wildman–Crippen MR) is 105 cm³/mol. The van der Waals surface area contributed by atoms with Gasteiger partial charge in [0.25, 0.3) is 5.91 Å². The van der Waals surface area contributed by atoms with Gasteiger partial charge in [-0.25, -0.2) is 9.97 Å². The van der Waals surface area contributed by atoms with Crippen LogP contribution >= 0.6 is 11.6 Å². The van der Waals surface area contributed by atoms with Crippen LogP contribution in [0.4, 0.5) is 11.5 Å². The molecular weight excluding hydrogens is 348 g/mol. The molecule has 26 heavy (non-hydrogen) atoms. The van der Waals surface area contributed by atoms with E-state index in [4.69, 9.17) is 11.6 Å². The van der Waals surface area contributed by atoms with E-state index >= 15 is 0 Å². The lowest BCUT2D eigenvalue weighted by Crippen LogP contribution is -2.15. The van der Waals surface area contributed by atoms with Crippen LogP contribution in [-0.4, -0.2) is 15.9 Å². The molecule has 0 saturated carbocycles.